The molecule has 3 rings (SSSR count). The number of nitrogens with one attached hydrogen (secondary N) is 1. The van der Waals surface area contributed by atoms with Crippen molar-refractivity contribution in [3.05, 3.63) is 59.7 Å². The quantitative estimate of drug-likeness (QED) is 0.867. The van der Waals surface area contributed by atoms with Crippen LogP contribution in [0.25, 0.3) is 0 Å². The average Bonchev–Trinajstić information content (AvgIpc) is 2.90. The molecule has 5 heteroatoms. The summed E-state index contributed by atoms with van der Waals surface area (Å²) in [5.41, 5.74) is 2.96. The number of ether oxygens (including phenoxy) is 1. The van der Waals surface area contributed by atoms with Crippen LogP contribution < -0.4 is 10.2 Å². The summed E-state index contributed by atoms with van der Waals surface area (Å²) in [6.45, 7) is 7.50. The van der Waals surface area contributed by atoms with Crippen molar-refractivity contribution in [2.75, 3.05) is 10.2 Å². The third-order valence-electron chi connectivity index (χ3n) is 4.47. The monoisotopic (exact) mass is 366 g/mol. The normalized spacial score (nSPS) is 16.0. The maximum atomic E-state index is 13.0. The Labute approximate surface area is 160 Å². The Hall–Kier alpha value is -2.82. The number of fused-ring (bicyclic) bond motifs is 1. The van der Waals surface area contributed by atoms with Gasteiger partial charge in [-0.05, 0) is 57.4 Å². The van der Waals surface area contributed by atoms with E-state index >= 15 is 0 Å². The summed E-state index contributed by atoms with van der Waals surface area (Å²) in [5.74, 6) is 0.0193. The Morgan fingerprint density at radius 3 is 2.52 bits per heavy atom. The summed E-state index contributed by atoms with van der Waals surface area (Å²) in [4.78, 5) is 27.0. The number of anilines is 2. The molecule has 0 fully saturated rings. The number of rotatable bonds is 3. The Bertz CT molecular complexity index is 855. The highest BCUT2D eigenvalue weighted by molar-refractivity contribution is 5.98. The highest BCUT2D eigenvalue weighted by Gasteiger charge is 2.30. The van der Waals surface area contributed by atoms with Crippen molar-refractivity contribution < 1.29 is 14.3 Å². The van der Waals surface area contributed by atoms with Crippen molar-refractivity contribution in [1.82, 2.24) is 0 Å². The van der Waals surface area contributed by atoms with Crippen LogP contribution in [0.2, 0.25) is 0 Å². The van der Waals surface area contributed by atoms with Crippen LogP contribution >= 0.6 is 0 Å². The molecule has 142 valence electrons. The van der Waals surface area contributed by atoms with Crippen molar-refractivity contribution in [3.8, 4) is 0 Å². The van der Waals surface area contributed by atoms with E-state index in [1.807, 2.05) is 62.1 Å². The molecule has 0 spiro atoms. The van der Waals surface area contributed by atoms with E-state index in [1.165, 1.54) is 5.56 Å². The van der Waals surface area contributed by atoms with Gasteiger partial charge in [-0.15, -0.1) is 0 Å². The van der Waals surface area contributed by atoms with Gasteiger partial charge in [-0.2, -0.15) is 0 Å². The first-order chi connectivity index (χ1) is 12.7. The molecule has 0 saturated carbocycles. The minimum absolute atomic E-state index is 0.0193. The van der Waals surface area contributed by atoms with Gasteiger partial charge in [-0.25, -0.2) is 4.79 Å². The lowest BCUT2D eigenvalue weighted by molar-refractivity contribution is -0.118. The fourth-order valence-corrected chi connectivity index (χ4v) is 3.40. The van der Waals surface area contributed by atoms with E-state index in [2.05, 4.69) is 18.3 Å². The van der Waals surface area contributed by atoms with Crippen LogP contribution in [0.3, 0.4) is 0 Å². The van der Waals surface area contributed by atoms with E-state index in [0.717, 1.165) is 17.7 Å². The number of carbonyl (C=O) groups excluding carboxylic acids is 2. The van der Waals surface area contributed by atoms with Gasteiger partial charge in [0, 0.05) is 17.4 Å². The topological polar surface area (TPSA) is 58.6 Å². The van der Waals surface area contributed by atoms with E-state index in [0.29, 0.717) is 5.69 Å². The number of benzene rings is 2. The highest BCUT2D eigenvalue weighted by atomic mass is 16.6. The number of amides is 2. The van der Waals surface area contributed by atoms with Crippen LogP contribution in [-0.2, 0) is 22.4 Å². The third kappa shape index (κ3) is 4.48. The summed E-state index contributed by atoms with van der Waals surface area (Å²) in [5, 5.41) is 2.76. The molecule has 1 heterocycles. The molecule has 0 unspecified atom stereocenters. The second kappa shape index (κ2) is 7.43. The molecule has 2 aromatic carbocycles. The maximum absolute atomic E-state index is 13.0. The van der Waals surface area contributed by atoms with Gasteiger partial charge in [0.15, 0.2) is 0 Å². The van der Waals surface area contributed by atoms with Crippen molar-refractivity contribution in [3.63, 3.8) is 0 Å². The first kappa shape index (κ1) is 19.0. The Morgan fingerprint density at radius 2 is 1.78 bits per heavy atom. The van der Waals surface area contributed by atoms with Crippen molar-refractivity contribution in [1.29, 1.82) is 0 Å². The molecule has 0 aromatic heterocycles. The SMILES string of the molecule is C[C@H]1Cc2ccccc2N1C(=O)Cc1ccccc1NC(=O)OC(C)(C)C. The van der Waals surface area contributed by atoms with Crippen LogP contribution in [0.5, 0.6) is 0 Å². The number of hydrogen-bond donors (Lipinski definition) is 1. The van der Waals surface area contributed by atoms with Crippen molar-refractivity contribution in [2.24, 2.45) is 0 Å². The summed E-state index contributed by atoms with van der Waals surface area (Å²) in [6, 6.07) is 15.5. The lowest BCUT2D eigenvalue weighted by Crippen LogP contribution is -2.37. The standard InChI is InChI=1S/C22H26N2O3/c1-15-13-17-10-6-8-12-19(17)24(15)20(25)14-16-9-5-7-11-18(16)23-21(26)27-22(2,3)4/h5-12,15H,13-14H2,1-4H3,(H,23,26)/t15-/m0/s1. The predicted octanol–water partition coefficient (Wildman–Crippen LogP) is 4.55. The number of hydrogen-bond acceptors (Lipinski definition) is 3. The molecule has 5 nitrogen and oxygen atoms in total. The van der Waals surface area contributed by atoms with E-state index in [4.69, 9.17) is 4.74 Å². The Balaban J connectivity index is 1.77. The molecule has 27 heavy (non-hydrogen) atoms. The fraction of sp³-hybridized carbons (Fsp3) is 0.364. The molecule has 1 atom stereocenters. The van der Waals surface area contributed by atoms with Gasteiger partial charge >= 0.3 is 6.09 Å². The maximum Gasteiger partial charge on any atom is 0.412 e. The minimum atomic E-state index is -0.580. The minimum Gasteiger partial charge on any atom is -0.444 e. The van der Waals surface area contributed by atoms with E-state index < -0.39 is 11.7 Å². The second-order valence-electron chi connectivity index (χ2n) is 7.91. The highest BCUT2D eigenvalue weighted by Crippen LogP contribution is 2.32. The zero-order chi connectivity index (χ0) is 19.6. The fourth-order valence-electron chi connectivity index (χ4n) is 3.40. The predicted molar refractivity (Wildman–Crippen MR) is 107 cm³/mol. The molecule has 0 aliphatic carbocycles. The zero-order valence-electron chi connectivity index (χ0n) is 16.3. The van der Waals surface area contributed by atoms with E-state index in [9.17, 15) is 9.59 Å². The first-order valence-corrected chi connectivity index (χ1v) is 9.22. The molecule has 0 saturated heterocycles. The molecule has 1 aliphatic rings. The molecular formula is C22H26N2O3. The second-order valence-corrected chi connectivity index (χ2v) is 7.91. The molecule has 2 amide bonds. The van der Waals surface area contributed by atoms with Crippen molar-refractivity contribution >= 4 is 23.4 Å². The largest absolute Gasteiger partial charge is 0.444 e. The van der Waals surface area contributed by atoms with Gasteiger partial charge in [0.25, 0.3) is 0 Å². The summed E-state index contributed by atoms with van der Waals surface area (Å²) < 4.78 is 5.32. The lowest BCUT2D eigenvalue weighted by atomic mass is 10.1. The van der Waals surface area contributed by atoms with Gasteiger partial charge in [0.05, 0.1) is 6.42 Å². The van der Waals surface area contributed by atoms with Crippen molar-refractivity contribution in [2.45, 2.75) is 52.2 Å². The van der Waals surface area contributed by atoms with Gasteiger partial charge in [-0.1, -0.05) is 36.4 Å². The molecule has 0 radical (unpaired) electrons. The zero-order valence-corrected chi connectivity index (χ0v) is 16.3. The Kier molecular flexibility index (Phi) is 5.22. The summed E-state index contributed by atoms with van der Waals surface area (Å²) >= 11 is 0. The first-order valence-electron chi connectivity index (χ1n) is 9.22. The smallest absolute Gasteiger partial charge is 0.412 e. The van der Waals surface area contributed by atoms with Gasteiger partial charge in [0.2, 0.25) is 5.91 Å². The van der Waals surface area contributed by atoms with Gasteiger partial charge in [0.1, 0.15) is 5.60 Å². The van der Waals surface area contributed by atoms with Crippen LogP contribution in [-0.4, -0.2) is 23.6 Å². The van der Waals surface area contributed by atoms with E-state index in [-0.39, 0.29) is 18.4 Å². The van der Waals surface area contributed by atoms with Crippen LogP contribution in [0, 0.1) is 0 Å². The van der Waals surface area contributed by atoms with Gasteiger partial charge < -0.3 is 9.64 Å². The van der Waals surface area contributed by atoms with E-state index in [1.54, 1.807) is 6.07 Å². The van der Waals surface area contributed by atoms with Gasteiger partial charge in [-0.3, -0.25) is 10.1 Å². The third-order valence-corrected chi connectivity index (χ3v) is 4.47. The number of carbonyl (C=O) groups is 2. The molecule has 1 aliphatic heterocycles. The van der Waals surface area contributed by atoms with Crippen LogP contribution in [0.15, 0.2) is 48.5 Å². The Morgan fingerprint density at radius 1 is 1.11 bits per heavy atom. The number of para-hydroxylation sites is 2. The van der Waals surface area contributed by atoms with Crippen LogP contribution in [0.4, 0.5) is 16.2 Å². The lowest BCUT2D eigenvalue weighted by Gasteiger charge is -2.24. The average molecular weight is 366 g/mol. The summed E-state index contributed by atoms with van der Waals surface area (Å²) in [6.07, 6.45) is 0.548. The molecular weight excluding hydrogens is 340 g/mol. The number of nitrogens with zero attached hydrogens (tertiary/aromatic N) is 1. The summed E-state index contributed by atoms with van der Waals surface area (Å²) in [7, 11) is 0. The molecule has 1 N–H and O–H groups in total. The molecule has 2 aromatic rings. The molecule has 0 bridgehead atoms. The van der Waals surface area contributed by atoms with Crippen LogP contribution in [0.1, 0.15) is 38.8 Å².